The number of benzene rings is 4. The van der Waals surface area contributed by atoms with E-state index in [0.717, 1.165) is 38.8 Å². The molecule has 0 aliphatic rings. The Labute approximate surface area is 216 Å². The molecule has 1 aromatic heterocycles. The van der Waals surface area contributed by atoms with Crippen LogP contribution in [0.3, 0.4) is 0 Å². The Bertz CT molecular complexity index is 1580. The fraction of sp³-hybridized carbons (Fsp3) is 0.0938. The van der Waals surface area contributed by atoms with Gasteiger partial charge in [-0.15, -0.1) is 0 Å². The summed E-state index contributed by atoms with van der Waals surface area (Å²) >= 11 is 0. The van der Waals surface area contributed by atoms with Crippen molar-refractivity contribution in [2.75, 3.05) is 19.5 Å². The maximum absolute atomic E-state index is 12.8. The van der Waals surface area contributed by atoms with Crippen molar-refractivity contribution in [1.29, 1.82) is 0 Å². The van der Waals surface area contributed by atoms with Gasteiger partial charge in [0, 0.05) is 40.4 Å². The largest absolute Gasteiger partial charge is 0.497 e. The molecule has 0 unspecified atom stereocenters. The number of carbonyl (C=O) groups is 1. The van der Waals surface area contributed by atoms with E-state index in [1.807, 2.05) is 55.5 Å². The van der Waals surface area contributed by atoms with Crippen molar-refractivity contribution in [3.05, 3.63) is 109 Å². The third-order valence-electron chi connectivity index (χ3n) is 6.31. The van der Waals surface area contributed by atoms with Gasteiger partial charge in [0.15, 0.2) is 0 Å². The van der Waals surface area contributed by atoms with E-state index < -0.39 is 0 Å². The number of carbonyl (C=O) groups excluding carboxylic acids is 1. The molecule has 4 aromatic carbocycles. The summed E-state index contributed by atoms with van der Waals surface area (Å²) < 4.78 is 16.8. The summed E-state index contributed by atoms with van der Waals surface area (Å²) in [6.07, 6.45) is 3.33. The number of hydrogen-bond acceptors (Lipinski definition) is 4. The van der Waals surface area contributed by atoms with Gasteiger partial charge in [0.2, 0.25) is 5.91 Å². The second-order valence-electron chi connectivity index (χ2n) is 8.69. The fourth-order valence-electron chi connectivity index (χ4n) is 4.38. The zero-order chi connectivity index (χ0) is 25.8. The molecule has 0 aliphatic heterocycles. The highest BCUT2D eigenvalue weighted by atomic mass is 16.5. The van der Waals surface area contributed by atoms with Crippen LogP contribution >= 0.6 is 0 Å². The minimum absolute atomic E-state index is 0.239. The standard InChI is InChI=1S/C32H27NO4/c1-21(16-32(34)33-25-10-7-11-26(17-25)35-2)27-18-28-29(20-37-31(28)19-30(27)36-3)24-14-12-23(13-15-24)22-8-5-4-6-9-22/h4-20H,1-3H3,(H,33,34)/b21-16+. The Morgan fingerprint density at radius 2 is 1.54 bits per heavy atom. The van der Waals surface area contributed by atoms with Crippen LogP contribution in [0, 0.1) is 0 Å². The number of methoxy groups -OCH3 is 2. The van der Waals surface area contributed by atoms with Gasteiger partial charge in [0.1, 0.15) is 17.1 Å². The van der Waals surface area contributed by atoms with E-state index in [-0.39, 0.29) is 5.91 Å². The maximum atomic E-state index is 12.8. The molecule has 1 amide bonds. The van der Waals surface area contributed by atoms with Crippen molar-refractivity contribution in [1.82, 2.24) is 0 Å². The van der Waals surface area contributed by atoms with Gasteiger partial charge in [0.05, 0.1) is 20.5 Å². The van der Waals surface area contributed by atoms with Gasteiger partial charge in [-0.2, -0.15) is 0 Å². The van der Waals surface area contributed by atoms with Crippen molar-refractivity contribution in [3.63, 3.8) is 0 Å². The van der Waals surface area contributed by atoms with Crippen LogP contribution in [0.4, 0.5) is 5.69 Å². The molecule has 0 saturated carbocycles. The smallest absolute Gasteiger partial charge is 0.248 e. The number of fused-ring (bicyclic) bond motifs is 1. The third-order valence-corrected chi connectivity index (χ3v) is 6.31. The molecular formula is C32H27NO4. The van der Waals surface area contributed by atoms with Gasteiger partial charge in [-0.3, -0.25) is 4.79 Å². The molecule has 0 spiro atoms. The molecule has 0 saturated heterocycles. The Morgan fingerprint density at radius 3 is 2.27 bits per heavy atom. The minimum atomic E-state index is -0.239. The number of furan rings is 1. The van der Waals surface area contributed by atoms with Gasteiger partial charge in [-0.25, -0.2) is 0 Å². The lowest BCUT2D eigenvalue weighted by molar-refractivity contribution is -0.111. The summed E-state index contributed by atoms with van der Waals surface area (Å²) in [6.45, 7) is 1.89. The topological polar surface area (TPSA) is 60.7 Å². The van der Waals surface area contributed by atoms with Crippen LogP contribution in [0.25, 0.3) is 38.8 Å². The van der Waals surface area contributed by atoms with Crippen molar-refractivity contribution in [3.8, 4) is 33.8 Å². The molecule has 5 aromatic rings. The van der Waals surface area contributed by atoms with Gasteiger partial charge in [0.25, 0.3) is 0 Å². The number of nitrogens with one attached hydrogen (secondary N) is 1. The molecule has 0 bridgehead atoms. The summed E-state index contributed by atoms with van der Waals surface area (Å²) in [5, 5.41) is 3.84. The first-order valence-electron chi connectivity index (χ1n) is 11.9. The Hall–Kier alpha value is -4.77. The number of hydrogen-bond donors (Lipinski definition) is 1. The van der Waals surface area contributed by atoms with Crippen molar-refractivity contribution < 1.29 is 18.7 Å². The summed E-state index contributed by atoms with van der Waals surface area (Å²) in [6, 6.07) is 29.8. The van der Waals surface area contributed by atoms with E-state index >= 15 is 0 Å². The van der Waals surface area contributed by atoms with E-state index in [0.29, 0.717) is 17.2 Å². The monoisotopic (exact) mass is 489 g/mol. The fourth-order valence-corrected chi connectivity index (χ4v) is 4.38. The summed E-state index contributed by atoms with van der Waals surface area (Å²) in [4.78, 5) is 12.8. The van der Waals surface area contributed by atoms with E-state index in [1.165, 1.54) is 5.56 Å². The van der Waals surface area contributed by atoms with E-state index in [1.54, 1.807) is 32.6 Å². The second kappa shape index (κ2) is 10.5. The Morgan fingerprint density at radius 1 is 0.811 bits per heavy atom. The van der Waals surface area contributed by atoms with Crippen molar-refractivity contribution in [2.24, 2.45) is 0 Å². The highest BCUT2D eigenvalue weighted by Gasteiger charge is 2.15. The number of anilines is 1. The molecule has 5 nitrogen and oxygen atoms in total. The van der Waals surface area contributed by atoms with E-state index in [9.17, 15) is 4.79 Å². The van der Waals surface area contributed by atoms with Crippen LogP contribution < -0.4 is 14.8 Å². The first kappa shape index (κ1) is 23.9. The summed E-state index contributed by atoms with van der Waals surface area (Å²) in [5.74, 6) is 1.07. The van der Waals surface area contributed by atoms with Crippen molar-refractivity contribution >= 4 is 28.1 Å². The maximum Gasteiger partial charge on any atom is 0.248 e. The molecule has 1 N–H and O–H groups in total. The quantitative estimate of drug-likeness (QED) is 0.237. The van der Waals surface area contributed by atoms with Crippen molar-refractivity contribution in [2.45, 2.75) is 6.92 Å². The lowest BCUT2D eigenvalue weighted by Crippen LogP contribution is -2.08. The van der Waals surface area contributed by atoms with E-state index in [2.05, 4.69) is 41.7 Å². The Kier molecular flexibility index (Phi) is 6.77. The van der Waals surface area contributed by atoms with E-state index in [4.69, 9.17) is 13.9 Å². The number of ether oxygens (including phenoxy) is 2. The lowest BCUT2D eigenvalue weighted by atomic mass is 9.97. The van der Waals surface area contributed by atoms with Crippen LogP contribution in [-0.4, -0.2) is 20.1 Å². The lowest BCUT2D eigenvalue weighted by Gasteiger charge is -2.11. The average Bonchev–Trinajstić information content (AvgIpc) is 3.35. The summed E-state index contributed by atoms with van der Waals surface area (Å²) in [5.41, 5.74) is 7.32. The molecule has 5 heteroatoms. The normalized spacial score (nSPS) is 11.4. The summed E-state index contributed by atoms with van der Waals surface area (Å²) in [7, 11) is 3.20. The zero-order valence-electron chi connectivity index (χ0n) is 20.9. The molecule has 37 heavy (non-hydrogen) atoms. The zero-order valence-corrected chi connectivity index (χ0v) is 20.9. The van der Waals surface area contributed by atoms with Crippen LogP contribution in [0.15, 0.2) is 108 Å². The number of amides is 1. The molecule has 0 radical (unpaired) electrons. The number of rotatable bonds is 7. The van der Waals surface area contributed by atoms with Crippen LogP contribution in [0.5, 0.6) is 11.5 Å². The molecule has 1 heterocycles. The number of allylic oxidation sites excluding steroid dienone is 1. The van der Waals surface area contributed by atoms with Gasteiger partial charge in [-0.1, -0.05) is 60.7 Å². The predicted octanol–water partition coefficient (Wildman–Crippen LogP) is 7.83. The SMILES string of the molecule is COc1cccc(NC(=O)/C=C(\C)c2cc3c(-c4ccc(-c5ccccc5)cc4)coc3cc2OC)c1. The first-order chi connectivity index (χ1) is 18.1. The van der Waals surface area contributed by atoms with Gasteiger partial charge < -0.3 is 19.2 Å². The molecule has 5 rings (SSSR count). The second-order valence-corrected chi connectivity index (χ2v) is 8.69. The minimum Gasteiger partial charge on any atom is -0.497 e. The van der Waals surface area contributed by atoms with Crippen LogP contribution in [0.2, 0.25) is 0 Å². The predicted molar refractivity (Wildman–Crippen MR) is 149 cm³/mol. The highest BCUT2D eigenvalue weighted by molar-refractivity contribution is 6.05. The van der Waals surface area contributed by atoms with Gasteiger partial charge in [-0.05, 0) is 47.4 Å². The molecular weight excluding hydrogens is 462 g/mol. The average molecular weight is 490 g/mol. The molecule has 184 valence electrons. The Balaban J connectivity index is 1.46. The molecule has 0 aliphatic carbocycles. The molecule has 0 fully saturated rings. The third kappa shape index (κ3) is 5.11. The van der Waals surface area contributed by atoms with Crippen LogP contribution in [-0.2, 0) is 4.79 Å². The first-order valence-corrected chi connectivity index (χ1v) is 11.9. The molecule has 0 atom stereocenters. The van der Waals surface area contributed by atoms with Crippen LogP contribution in [0.1, 0.15) is 12.5 Å². The highest BCUT2D eigenvalue weighted by Crippen LogP contribution is 2.38. The van der Waals surface area contributed by atoms with Gasteiger partial charge >= 0.3 is 0 Å².